The molecule has 39 heavy (non-hydrogen) atoms. The molecule has 0 spiro atoms. The number of hydrogen-bond donors (Lipinski definition) is 6. The Morgan fingerprint density at radius 1 is 0.667 bits per heavy atom. The summed E-state index contributed by atoms with van der Waals surface area (Å²) in [4.78, 5) is 44.7. The predicted molar refractivity (Wildman–Crippen MR) is 128 cm³/mol. The Kier molecular flexibility index (Phi) is 17.8. The van der Waals surface area contributed by atoms with Crippen molar-refractivity contribution in [2.45, 2.75) is 13.8 Å². The molecule has 0 amide bonds. The minimum Gasteiger partial charge on any atom is -0.505 e. The van der Waals surface area contributed by atoms with E-state index < -0.39 is 0 Å². The monoisotopic (exact) mass is 710 g/mol. The summed E-state index contributed by atoms with van der Waals surface area (Å²) in [5.74, 6) is 7.02. The Morgan fingerprint density at radius 2 is 1.13 bits per heavy atom. The maximum absolute atomic E-state index is 5.43. The molecule has 4 rings (SSSR count). The van der Waals surface area contributed by atoms with Crippen molar-refractivity contribution in [3.8, 4) is 12.0 Å². The van der Waals surface area contributed by atoms with Gasteiger partial charge in [-0.1, -0.05) is 0 Å². The van der Waals surface area contributed by atoms with E-state index in [2.05, 4.69) is 88.7 Å². The van der Waals surface area contributed by atoms with Gasteiger partial charge in [0.15, 0.2) is 0 Å². The summed E-state index contributed by atoms with van der Waals surface area (Å²) >= 11 is 5.21. The molecule has 0 saturated heterocycles. The Balaban J connectivity index is 0.000000634. The first-order chi connectivity index (χ1) is 17.7. The normalized spacial score (nSPS) is 9.08. The van der Waals surface area contributed by atoms with Crippen molar-refractivity contribution in [2.75, 3.05) is 42.0 Å². The van der Waals surface area contributed by atoms with E-state index in [0.29, 0.717) is 17.6 Å². The summed E-state index contributed by atoms with van der Waals surface area (Å²) in [5.41, 5.74) is 18.4. The van der Waals surface area contributed by atoms with Crippen LogP contribution in [0.1, 0.15) is 11.6 Å². The smallest absolute Gasteiger partial charge is 0.324 e. The third-order valence-corrected chi connectivity index (χ3v) is 3.46. The SMILES string of the molecule is COc1nc(NNc2nc(N)nc(N)n2)nc(OC)n1.Cc1nc(C)nc(NN)n1.Clc1n[c-]n[c-]n1.[Y].[Y]. The molecule has 0 atom stereocenters. The molecule has 4 heterocycles. The van der Waals surface area contributed by atoms with Crippen molar-refractivity contribution in [3.63, 3.8) is 0 Å². The quantitative estimate of drug-likeness (QED) is 0.0759. The number of hydrazine groups is 2. The van der Waals surface area contributed by atoms with Crippen LogP contribution in [0.5, 0.6) is 12.0 Å². The van der Waals surface area contributed by atoms with Gasteiger partial charge in [-0.15, -0.1) is 4.98 Å². The average Bonchev–Trinajstić information content (AvgIpc) is 2.87. The van der Waals surface area contributed by atoms with Crippen LogP contribution >= 0.6 is 11.6 Å². The number of aromatic nitrogens is 12. The van der Waals surface area contributed by atoms with Crippen molar-refractivity contribution in [2.24, 2.45) is 5.84 Å². The van der Waals surface area contributed by atoms with Crippen LogP contribution in [0.3, 0.4) is 0 Å². The van der Waals surface area contributed by atoms with E-state index >= 15 is 0 Å². The van der Waals surface area contributed by atoms with Gasteiger partial charge in [-0.2, -0.15) is 47.5 Å². The van der Waals surface area contributed by atoms with Crippen LogP contribution in [0.2, 0.25) is 5.28 Å². The van der Waals surface area contributed by atoms with Crippen LogP contribution in [0.4, 0.5) is 29.7 Å². The van der Waals surface area contributed by atoms with Crippen molar-refractivity contribution >= 4 is 41.3 Å². The van der Waals surface area contributed by atoms with Crippen LogP contribution in [0.25, 0.3) is 0 Å². The molecule has 20 nitrogen and oxygen atoms in total. The van der Waals surface area contributed by atoms with E-state index in [0.717, 1.165) is 0 Å². The van der Waals surface area contributed by atoms with Crippen molar-refractivity contribution in [1.82, 2.24) is 59.8 Å². The van der Waals surface area contributed by atoms with Gasteiger partial charge in [0.2, 0.25) is 23.8 Å². The molecule has 0 aliphatic carbocycles. The molecular weight excluding hydrogens is 690 g/mol. The molecule has 0 aromatic carbocycles. The minimum absolute atomic E-state index is 0. The molecule has 0 aliphatic rings. The van der Waals surface area contributed by atoms with Crippen molar-refractivity contribution in [1.29, 1.82) is 0 Å². The van der Waals surface area contributed by atoms with Gasteiger partial charge in [-0.25, -0.2) is 22.4 Å². The van der Waals surface area contributed by atoms with Crippen molar-refractivity contribution in [3.05, 3.63) is 29.6 Å². The first-order valence-corrected chi connectivity index (χ1v) is 10.0. The number of nitrogen functional groups attached to an aromatic ring is 3. The summed E-state index contributed by atoms with van der Waals surface area (Å²) < 4.78 is 9.79. The molecule has 9 N–H and O–H groups in total. The number of halogens is 1. The molecule has 4 aromatic heterocycles. The average molecular weight is 711 g/mol. The molecule has 23 heteroatoms. The largest absolute Gasteiger partial charge is 0.505 e. The van der Waals surface area contributed by atoms with Crippen LogP contribution in [0, 0.1) is 26.5 Å². The molecule has 0 aliphatic heterocycles. The number of rotatable bonds is 6. The number of aryl methyl sites for hydroxylation is 2. The topological polar surface area (TPSA) is 287 Å². The number of nitrogens with one attached hydrogen (secondary N) is 3. The maximum atomic E-state index is 5.43. The van der Waals surface area contributed by atoms with Gasteiger partial charge in [0.05, 0.1) is 14.2 Å². The molecule has 2 radical (unpaired) electrons. The number of nitrogens with zero attached hydrogens (tertiary/aromatic N) is 12. The van der Waals surface area contributed by atoms with Gasteiger partial charge in [0, 0.05) is 65.4 Å². The summed E-state index contributed by atoms with van der Waals surface area (Å²) in [7, 11) is 2.83. The summed E-state index contributed by atoms with van der Waals surface area (Å²) in [6.07, 6.45) is 4.42. The zero-order valence-electron chi connectivity index (χ0n) is 20.9. The molecular formula is C16H21ClN18O2Y2-2. The Bertz CT molecular complexity index is 1210. The second-order valence-electron chi connectivity index (χ2n) is 5.96. The van der Waals surface area contributed by atoms with Gasteiger partial charge in [-0.05, 0) is 19.1 Å². The number of anilines is 5. The second kappa shape index (κ2) is 19.2. The zero-order valence-corrected chi connectivity index (χ0v) is 27.4. The van der Waals surface area contributed by atoms with Crippen LogP contribution in [-0.2, 0) is 65.4 Å². The number of methoxy groups -OCH3 is 2. The first kappa shape index (κ1) is 36.1. The molecule has 0 bridgehead atoms. The molecule has 202 valence electrons. The molecule has 4 aromatic rings. The van der Waals surface area contributed by atoms with Gasteiger partial charge in [-0.3, -0.25) is 16.3 Å². The molecule has 0 saturated carbocycles. The van der Waals surface area contributed by atoms with E-state index in [4.69, 9.17) is 38.4 Å². The molecule has 0 unspecified atom stereocenters. The zero-order chi connectivity index (χ0) is 27.2. The maximum Gasteiger partial charge on any atom is 0.324 e. The van der Waals surface area contributed by atoms with Gasteiger partial charge >= 0.3 is 12.0 Å². The van der Waals surface area contributed by atoms with Gasteiger partial charge in [0.1, 0.15) is 11.6 Å². The van der Waals surface area contributed by atoms with E-state index in [1.54, 1.807) is 13.8 Å². The standard InChI is InChI=1S/C8H12N10O2.C5H9N5.C3ClN3.2Y/c1-19-7-14-6(15-8(16-7)20-2)18-17-5-12-3(9)11-4(10)13-5;1-3-7-4(2)9-5(8-3)10-6;4-3-6-1-5-2-7-3;;/h1-2H3,(H,14,15,16,18)(H5,9,10,11,12,13,17);6H2,1-2H3,(H,7,8,9,10);;;/q;;-2;;. The van der Waals surface area contributed by atoms with Crippen LogP contribution in [-0.4, -0.2) is 74.0 Å². The number of nitrogens with two attached hydrogens (primary N) is 3. The predicted octanol–water partition coefficient (Wildman–Crippen LogP) is -1.43. The molecule has 0 fully saturated rings. The van der Waals surface area contributed by atoms with Crippen LogP contribution in [0.15, 0.2) is 0 Å². The van der Waals surface area contributed by atoms with Crippen LogP contribution < -0.4 is 43.1 Å². The fraction of sp³-hybridized carbons (Fsp3) is 0.250. The van der Waals surface area contributed by atoms with E-state index in [-0.39, 0.29) is 107 Å². The van der Waals surface area contributed by atoms with E-state index in [1.807, 2.05) is 0 Å². The Labute approximate surface area is 277 Å². The number of ether oxygens (including phenoxy) is 2. The first-order valence-electron chi connectivity index (χ1n) is 9.65. The Hall–Kier alpha value is -2.90. The fourth-order valence-electron chi connectivity index (χ4n) is 2.01. The fourth-order valence-corrected chi connectivity index (χ4v) is 2.09. The second-order valence-corrected chi connectivity index (χ2v) is 6.30. The third-order valence-electron chi connectivity index (χ3n) is 3.29. The van der Waals surface area contributed by atoms with E-state index in [9.17, 15) is 0 Å². The minimum atomic E-state index is -0.0207. The third kappa shape index (κ3) is 14.2. The summed E-state index contributed by atoms with van der Waals surface area (Å²) in [5, 5.41) is 0.120. The number of hydrogen-bond acceptors (Lipinski definition) is 20. The summed E-state index contributed by atoms with van der Waals surface area (Å²) in [6, 6.07) is 0.159. The van der Waals surface area contributed by atoms with Crippen molar-refractivity contribution < 1.29 is 74.9 Å². The van der Waals surface area contributed by atoms with Gasteiger partial charge < -0.3 is 35.9 Å². The van der Waals surface area contributed by atoms with Gasteiger partial charge in [0.25, 0.3) is 5.95 Å². The van der Waals surface area contributed by atoms with E-state index in [1.165, 1.54) is 14.2 Å². The summed E-state index contributed by atoms with van der Waals surface area (Å²) in [6.45, 7) is 3.57. The Morgan fingerprint density at radius 3 is 1.51 bits per heavy atom.